The Balaban J connectivity index is 4.05. The molecule has 15 heavy (non-hydrogen) atoms. The maximum Gasteiger partial charge on any atom is 0.0692 e. The van der Waals surface area contributed by atoms with E-state index in [1.165, 1.54) is 0 Å². The Morgan fingerprint density at radius 2 is 1.60 bits per heavy atom. The zero-order valence-corrected chi connectivity index (χ0v) is 10.5. The number of aliphatic hydroxyl groups excluding tert-OH is 2. The van der Waals surface area contributed by atoms with Gasteiger partial charge in [-0.3, -0.25) is 0 Å². The SMILES string of the molecule is CC(C)[C@H](/C=C\[C@@H](C)O)CC[C@@H](C)CO. The van der Waals surface area contributed by atoms with Crippen molar-refractivity contribution in [2.45, 2.75) is 46.6 Å². The van der Waals surface area contributed by atoms with Gasteiger partial charge in [-0.2, -0.15) is 0 Å². The summed E-state index contributed by atoms with van der Waals surface area (Å²) in [5.41, 5.74) is 0. The summed E-state index contributed by atoms with van der Waals surface area (Å²) in [5.74, 6) is 1.48. The van der Waals surface area contributed by atoms with Crippen LogP contribution in [0.25, 0.3) is 0 Å². The first-order chi connectivity index (χ1) is 6.97. The van der Waals surface area contributed by atoms with Gasteiger partial charge in [0, 0.05) is 6.61 Å². The van der Waals surface area contributed by atoms with Crippen LogP contribution in [0.15, 0.2) is 12.2 Å². The van der Waals surface area contributed by atoms with Gasteiger partial charge in [-0.15, -0.1) is 0 Å². The van der Waals surface area contributed by atoms with Gasteiger partial charge in [0.2, 0.25) is 0 Å². The van der Waals surface area contributed by atoms with E-state index < -0.39 is 0 Å². The molecule has 2 heteroatoms. The lowest BCUT2D eigenvalue weighted by molar-refractivity contribution is 0.219. The molecule has 0 aromatic rings. The number of allylic oxidation sites excluding steroid dienone is 1. The highest BCUT2D eigenvalue weighted by molar-refractivity contribution is 4.93. The van der Waals surface area contributed by atoms with Gasteiger partial charge in [-0.25, -0.2) is 0 Å². The van der Waals surface area contributed by atoms with Crippen LogP contribution in [0.3, 0.4) is 0 Å². The fourth-order valence-corrected chi connectivity index (χ4v) is 1.52. The summed E-state index contributed by atoms with van der Waals surface area (Å²) in [6.45, 7) is 8.49. The van der Waals surface area contributed by atoms with Crippen molar-refractivity contribution < 1.29 is 10.2 Å². The van der Waals surface area contributed by atoms with E-state index in [-0.39, 0.29) is 12.7 Å². The third-order valence-corrected chi connectivity index (χ3v) is 2.80. The van der Waals surface area contributed by atoms with E-state index in [1.807, 2.05) is 6.08 Å². The van der Waals surface area contributed by atoms with Gasteiger partial charge >= 0.3 is 0 Å². The molecule has 0 heterocycles. The Labute approximate surface area is 94.0 Å². The molecule has 0 fully saturated rings. The molecule has 0 aromatic carbocycles. The average Bonchev–Trinajstić information content (AvgIpc) is 2.16. The predicted molar refractivity (Wildman–Crippen MR) is 64.6 cm³/mol. The lowest BCUT2D eigenvalue weighted by atomic mass is 9.88. The quantitative estimate of drug-likeness (QED) is 0.640. The van der Waals surface area contributed by atoms with Crippen molar-refractivity contribution in [3.05, 3.63) is 12.2 Å². The summed E-state index contributed by atoms with van der Waals surface area (Å²) >= 11 is 0. The van der Waals surface area contributed by atoms with Crippen LogP contribution in [0.5, 0.6) is 0 Å². The van der Waals surface area contributed by atoms with Crippen molar-refractivity contribution in [1.29, 1.82) is 0 Å². The summed E-state index contributed by atoms with van der Waals surface area (Å²) in [6.07, 6.45) is 5.74. The second-order valence-corrected chi connectivity index (χ2v) is 4.90. The molecular formula is C13H26O2. The van der Waals surface area contributed by atoms with Gasteiger partial charge in [0.05, 0.1) is 6.10 Å². The molecule has 0 radical (unpaired) electrons. The Kier molecular flexibility index (Phi) is 7.71. The van der Waals surface area contributed by atoms with E-state index in [2.05, 4.69) is 26.8 Å². The molecule has 2 N–H and O–H groups in total. The lowest BCUT2D eigenvalue weighted by Crippen LogP contribution is -2.10. The molecule has 0 unspecified atom stereocenters. The number of hydrogen-bond donors (Lipinski definition) is 2. The summed E-state index contributed by atoms with van der Waals surface area (Å²) in [4.78, 5) is 0. The maximum absolute atomic E-state index is 9.18. The summed E-state index contributed by atoms with van der Waals surface area (Å²) in [6, 6.07) is 0. The molecule has 0 amide bonds. The molecule has 0 spiro atoms. The van der Waals surface area contributed by atoms with Crippen molar-refractivity contribution >= 4 is 0 Å². The topological polar surface area (TPSA) is 40.5 Å². The van der Waals surface area contributed by atoms with Crippen molar-refractivity contribution in [3.63, 3.8) is 0 Å². The molecular weight excluding hydrogens is 188 g/mol. The van der Waals surface area contributed by atoms with Crippen LogP contribution in [0.4, 0.5) is 0 Å². The van der Waals surface area contributed by atoms with Gasteiger partial charge < -0.3 is 10.2 Å². The Hall–Kier alpha value is -0.340. The van der Waals surface area contributed by atoms with Crippen molar-refractivity contribution in [2.24, 2.45) is 17.8 Å². The molecule has 0 aromatic heterocycles. The highest BCUT2D eigenvalue weighted by atomic mass is 16.3. The Morgan fingerprint density at radius 1 is 1.00 bits per heavy atom. The number of hydrogen-bond acceptors (Lipinski definition) is 2. The second kappa shape index (κ2) is 7.89. The third-order valence-electron chi connectivity index (χ3n) is 2.80. The summed E-state index contributed by atoms with van der Waals surface area (Å²) < 4.78 is 0. The number of aliphatic hydroxyl groups is 2. The maximum atomic E-state index is 9.18. The van der Waals surface area contributed by atoms with Crippen molar-refractivity contribution in [1.82, 2.24) is 0 Å². The first-order valence-corrected chi connectivity index (χ1v) is 5.94. The Morgan fingerprint density at radius 3 is 2.00 bits per heavy atom. The minimum Gasteiger partial charge on any atom is -0.396 e. The molecule has 0 bridgehead atoms. The molecule has 3 atom stereocenters. The van der Waals surface area contributed by atoms with Gasteiger partial charge in [-0.05, 0) is 37.5 Å². The fraction of sp³-hybridized carbons (Fsp3) is 0.846. The van der Waals surface area contributed by atoms with Gasteiger partial charge in [0.1, 0.15) is 0 Å². The van der Waals surface area contributed by atoms with Crippen LogP contribution in [0, 0.1) is 17.8 Å². The highest BCUT2D eigenvalue weighted by Crippen LogP contribution is 2.21. The fourth-order valence-electron chi connectivity index (χ4n) is 1.52. The molecule has 90 valence electrons. The normalized spacial score (nSPS) is 18.3. The van der Waals surface area contributed by atoms with Crippen molar-refractivity contribution in [2.75, 3.05) is 6.61 Å². The molecule has 0 aliphatic carbocycles. The zero-order valence-electron chi connectivity index (χ0n) is 10.5. The monoisotopic (exact) mass is 214 g/mol. The van der Waals surface area contributed by atoms with Crippen LogP contribution in [-0.2, 0) is 0 Å². The first kappa shape index (κ1) is 14.7. The van der Waals surface area contributed by atoms with E-state index in [0.717, 1.165) is 12.8 Å². The van der Waals surface area contributed by atoms with E-state index in [9.17, 15) is 5.11 Å². The van der Waals surface area contributed by atoms with E-state index in [1.54, 1.807) is 6.92 Å². The van der Waals surface area contributed by atoms with Gasteiger partial charge in [0.15, 0.2) is 0 Å². The van der Waals surface area contributed by atoms with Crippen LogP contribution in [-0.4, -0.2) is 22.9 Å². The van der Waals surface area contributed by atoms with Crippen LogP contribution in [0.1, 0.15) is 40.5 Å². The predicted octanol–water partition coefficient (Wildman–Crippen LogP) is 2.60. The molecule has 0 rings (SSSR count). The zero-order chi connectivity index (χ0) is 11.8. The average molecular weight is 214 g/mol. The molecule has 0 aliphatic heterocycles. The van der Waals surface area contributed by atoms with E-state index in [4.69, 9.17) is 5.11 Å². The largest absolute Gasteiger partial charge is 0.396 e. The van der Waals surface area contributed by atoms with Gasteiger partial charge in [0.25, 0.3) is 0 Å². The standard InChI is InChI=1S/C13H26O2/c1-10(2)13(8-6-12(4)15)7-5-11(3)9-14/h6,8,10-15H,5,7,9H2,1-4H3/b8-6-/t11-,12-,13+/m1/s1. The minimum absolute atomic E-state index is 0.269. The van der Waals surface area contributed by atoms with Crippen LogP contribution in [0.2, 0.25) is 0 Å². The van der Waals surface area contributed by atoms with Crippen LogP contribution >= 0.6 is 0 Å². The molecule has 0 aliphatic rings. The first-order valence-electron chi connectivity index (χ1n) is 5.94. The lowest BCUT2D eigenvalue weighted by Gasteiger charge is -2.19. The molecule has 0 saturated carbocycles. The smallest absolute Gasteiger partial charge is 0.0692 e. The minimum atomic E-state index is -0.360. The van der Waals surface area contributed by atoms with E-state index in [0.29, 0.717) is 17.8 Å². The van der Waals surface area contributed by atoms with Crippen LogP contribution < -0.4 is 0 Å². The molecule has 2 nitrogen and oxygen atoms in total. The number of rotatable bonds is 7. The molecule has 0 saturated heterocycles. The van der Waals surface area contributed by atoms with Crippen molar-refractivity contribution in [3.8, 4) is 0 Å². The summed E-state index contributed by atoms with van der Waals surface area (Å²) in [5, 5.41) is 18.1. The summed E-state index contributed by atoms with van der Waals surface area (Å²) in [7, 11) is 0. The van der Waals surface area contributed by atoms with Gasteiger partial charge in [-0.1, -0.05) is 32.9 Å². The second-order valence-electron chi connectivity index (χ2n) is 4.90. The highest BCUT2D eigenvalue weighted by Gasteiger charge is 2.11. The Bertz CT molecular complexity index is 173. The van der Waals surface area contributed by atoms with E-state index >= 15 is 0 Å². The third kappa shape index (κ3) is 7.57.